The molecule has 120 valence electrons. The topological polar surface area (TPSA) is 52.8 Å². The van der Waals surface area contributed by atoms with E-state index in [4.69, 9.17) is 16.3 Å². The number of fused-ring (bicyclic) bond motifs is 1. The lowest BCUT2D eigenvalue weighted by molar-refractivity contribution is 0.412. The number of hydrogen-bond donors (Lipinski definition) is 0. The van der Waals surface area contributed by atoms with Crippen molar-refractivity contribution in [2.75, 3.05) is 7.11 Å². The highest BCUT2D eigenvalue weighted by atomic mass is 35.5. The Morgan fingerprint density at radius 2 is 2.00 bits per heavy atom. The zero-order chi connectivity index (χ0) is 16.7. The van der Waals surface area contributed by atoms with Gasteiger partial charge in [-0.2, -0.15) is 0 Å². The van der Waals surface area contributed by atoms with Crippen molar-refractivity contribution < 1.29 is 9.13 Å². The number of hydrogen-bond acceptors (Lipinski definition) is 4. The zero-order valence-corrected chi connectivity index (χ0v) is 14.0. The lowest BCUT2D eigenvalue weighted by atomic mass is 10.1. The summed E-state index contributed by atoms with van der Waals surface area (Å²) in [4.78, 5) is 12.3. The monoisotopic (exact) mass is 334 g/mol. The van der Waals surface area contributed by atoms with E-state index in [1.165, 1.54) is 13.3 Å². The Balaban J connectivity index is 2.29. The van der Waals surface area contributed by atoms with Gasteiger partial charge in [-0.25, -0.2) is 19.3 Å². The van der Waals surface area contributed by atoms with Crippen molar-refractivity contribution in [3.63, 3.8) is 0 Å². The van der Waals surface area contributed by atoms with Crippen LogP contribution in [0, 0.1) is 12.7 Å². The van der Waals surface area contributed by atoms with Crippen molar-refractivity contribution in [2.45, 2.75) is 26.8 Å². The van der Waals surface area contributed by atoms with Crippen LogP contribution in [0.1, 0.15) is 25.7 Å². The van der Waals surface area contributed by atoms with Crippen LogP contribution in [0.15, 0.2) is 18.3 Å². The Hall–Kier alpha value is -2.21. The van der Waals surface area contributed by atoms with Gasteiger partial charge in [-0.05, 0) is 44.5 Å². The number of methoxy groups -OCH3 is 1. The Morgan fingerprint density at radius 1 is 1.26 bits per heavy atom. The Labute approximate surface area is 138 Å². The molecule has 2 aromatic heterocycles. The van der Waals surface area contributed by atoms with E-state index >= 15 is 4.39 Å². The Bertz CT molecular complexity index is 891. The minimum atomic E-state index is -0.446. The van der Waals surface area contributed by atoms with Gasteiger partial charge in [-0.3, -0.25) is 0 Å². The normalized spacial score (nSPS) is 11.4. The first-order chi connectivity index (χ1) is 10.9. The molecule has 2 heterocycles. The fraction of sp³-hybridized carbons (Fsp3) is 0.312. The van der Waals surface area contributed by atoms with Crippen LogP contribution in [0.4, 0.5) is 4.39 Å². The third-order valence-corrected chi connectivity index (χ3v) is 3.88. The molecule has 0 saturated carbocycles. The molecule has 0 atom stereocenters. The fourth-order valence-corrected chi connectivity index (χ4v) is 2.90. The molecule has 0 aliphatic carbocycles. The third-order valence-electron chi connectivity index (χ3n) is 3.69. The maximum Gasteiger partial charge on any atom is 0.223 e. The lowest BCUT2D eigenvalue weighted by Gasteiger charge is -2.12. The zero-order valence-electron chi connectivity index (χ0n) is 13.3. The van der Waals surface area contributed by atoms with Crippen LogP contribution in [0.25, 0.3) is 22.3 Å². The molecular weight excluding hydrogens is 319 g/mol. The highest BCUT2D eigenvalue weighted by Crippen LogP contribution is 2.34. The molecule has 0 saturated heterocycles. The summed E-state index contributed by atoms with van der Waals surface area (Å²) >= 11 is 5.85. The molecular formula is C16H16ClFN4O. The van der Waals surface area contributed by atoms with Crippen molar-refractivity contribution in [3.05, 3.63) is 35.3 Å². The SMILES string of the molecule is COc1cnc(Cl)nc1-c1ccc2c(nc(C)n2C(C)C)c1F. The van der Waals surface area contributed by atoms with Gasteiger partial charge in [0.25, 0.3) is 0 Å². The van der Waals surface area contributed by atoms with Crippen molar-refractivity contribution >= 4 is 22.6 Å². The Morgan fingerprint density at radius 3 is 2.65 bits per heavy atom. The van der Waals surface area contributed by atoms with Gasteiger partial charge < -0.3 is 9.30 Å². The first-order valence-corrected chi connectivity index (χ1v) is 7.55. The molecule has 23 heavy (non-hydrogen) atoms. The first-order valence-electron chi connectivity index (χ1n) is 7.18. The number of halogens is 2. The van der Waals surface area contributed by atoms with E-state index in [1.54, 1.807) is 6.07 Å². The summed E-state index contributed by atoms with van der Waals surface area (Å²) in [7, 11) is 1.48. The summed E-state index contributed by atoms with van der Waals surface area (Å²) in [5, 5.41) is 0.0317. The van der Waals surface area contributed by atoms with Crippen molar-refractivity contribution in [3.8, 4) is 17.0 Å². The van der Waals surface area contributed by atoms with Gasteiger partial charge in [0, 0.05) is 11.6 Å². The molecule has 0 N–H and O–H groups in total. The van der Waals surface area contributed by atoms with Crippen LogP contribution >= 0.6 is 11.6 Å². The standard InChI is InChI=1S/C16H16ClFN4O/c1-8(2)22-9(3)20-15-11(22)6-5-10(13(15)18)14-12(23-4)7-19-16(17)21-14/h5-8H,1-4H3. The summed E-state index contributed by atoms with van der Waals surface area (Å²) in [5.74, 6) is 0.671. The number of imidazole rings is 1. The molecule has 0 bridgehead atoms. The highest BCUT2D eigenvalue weighted by molar-refractivity contribution is 6.28. The van der Waals surface area contributed by atoms with Crippen LogP contribution in [-0.2, 0) is 0 Å². The van der Waals surface area contributed by atoms with Crippen LogP contribution in [0.5, 0.6) is 5.75 Å². The summed E-state index contributed by atoms with van der Waals surface area (Å²) in [5.41, 5.74) is 1.65. The minimum absolute atomic E-state index is 0.0317. The molecule has 3 aromatic rings. The smallest absolute Gasteiger partial charge is 0.223 e. The van der Waals surface area contributed by atoms with Gasteiger partial charge in [0.1, 0.15) is 17.0 Å². The van der Waals surface area contributed by atoms with Gasteiger partial charge >= 0.3 is 0 Å². The summed E-state index contributed by atoms with van der Waals surface area (Å²) < 4.78 is 22.2. The van der Waals surface area contributed by atoms with Gasteiger partial charge in [-0.1, -0.05) is 0 Å². The fourth-order valence-electron chi connectivity index (χ4n) is 2.77. The lowest BCUT2D eigenvalue weighted by Crippen LogP contribution is -2.02. The predicted octanol–water partition coefficient (Wildman–Crippen LogP) is 4.18. The Kier molecular flexibility index (Phi) is 3.93. The van der Waals surface area contributed by atoms with Crippen LogP contribution in [-0.4, -0.2) is 26.6 Å². The van der Waals surface area contributed by atoms with Crippen molar-refractivity contribution in [2.24, 2.45) is 0 Å². The first kappa shape index (κ1) is 15.7. The molecule has 0 radical (unpaired) electrons. The molecule has 0 fully saturated rings. The summed E-state index contributed by atoms with van der Waals surface area (Å²) in [6, 6.07) is 3.69. The minimum Gasteiger partial charge on any atom is -0.493 e. The second kappa shape index (κ2) is 5.77. The quantitative estimate of drug-likeness (QED) is 0.674. The molecule has 5 nitrogen and oxygen atoms in total. The maximum absolute atomic E-state index is 15.0. The molecule has 1 aromatic carbocycles. The number of aryl methyl sites for hydroxylation is 1. The second-order valence-electron chi connectivity index (χ2n) is 5.47. The number of benzene rings is 1. The maximum atomic E-state index is 15.0. The van der Waals surface area contributed by atoms with Crippen LogP contribution in [0.3, 0.4) is 0 Å². The van der Waals surface area contributed by atoms with E-state index < -0.39 is 5.82 Å². The predicted molar refractivity (Wildman–Crippen MR) is 87.4 cm³/mol. The van der Waals surface area contributed by atoms with E-state index in [1.807, 2.05) is 31.4 Å². The van der Waals surface area contributed by atoms with Gasteiger partial charge in [-0.15, -0.1) is 0 Å². The van der Waals surface area contributed by atoms with E-state index in [2.05, 4.69) is 15.0 Å². The third kappa shape index (κ3) is 2.53. The molecule has 7 heteroatoms. The van der Waals surface area contributed by atoms with E-state index in [0.29, 0.717) is 17.0 Å². The molecule has 3 rings (SSSR count). The molecule has 0 aliphatic rings. The van der Waals surface area contributed by atoms with E-state index in [9.17, 15) is 0 Å². The van der Waals surface area contributed by atoms with Gasteiger partial charge in [0.05, 0.1) is 18.8 Å². The molecule has 0 unspecified atom stereocenters. The van der Waals surface area contributed by atoms with Crippen molar-refractivity contribution in [1.82, 2.24) is 19.5 Å². The average Bonchev–Trinajstić information content (AvgIpc) is 2.85. The number of rotatable bonds is 3. The van der Waals surface area contributed by atoms with Gasteiger partial charge in [0.15, 0.2) is 11.6 Å². The molecule has 0 aliphatic heterocycles. The largest absolute Gasteiger partial charge is 0.493 e. The number of aromatic nitrogens is 4. The highest BCUT2D eigenvalue weighted by Gasteiger charge is 2.20. The summed E-state index contributed by atoms with van der Waals surface area (Å²) in [6.45, 7) is 5.93. The van der Waals surface area contributed by atoms with Crippen molar-refractivity contribution in [1.29, 1.82) is 0 Å². The van der Waals surface area contributed by atoms with E-state index in [0.717, 1.165) is 11.3 Å². The number of nitrogens with zero attached hydrogens (tertiary/aromatic N) is 4. The second-order valence-corrected chi connectivity index (χ2v) is 5.81. The van der Waals surface area contributed by atoms with Gasteiger partial charge in [0.2, 0.25) is 5.28 Å². The number of ether oxygens (including phenoxy) is 1. The van der Waals surface area contributed by atoms with Crippen LogP contribution in [0.2, 0.25) is 5.28 Å². The molecule has 0 spiro atoms. The molecule has 0 amide bonds. The summed E-state index contributed by atoms with van der Waals surface area (Å²) in [6.07, 6.45) is 1.42. The van der Waals surface area contributed by atoms with E-state index in [-0.39, 0.29) is 16.9 Å². The van der Waals surface area contributed by atoms with Crippen LogP contribution < -0.4 is 4.74 Å². The average molecular weight is 335 g/mol.